The molecule has 0 saturated carbocycles. The SMILES string of the molecule is CCCCc1nc2ccccc2c(NC(=O)CN(CCCC)CCCC)c1CCC.O=C(O)C(=O)O. The molecule has 1 amide bonds. The summed E-state index contributed by atoms with van der Waals surface area (Å²) in [6.07, 6.45) is 9.81. The molecule has 0 atom stereocenters. The van der Waals surface area contributed by atoms with Crippen LogP contribution in [0.5, 0.6) is 0 Å². The number of aromatic nitrogens is 1. The van der Waals surface area contributed by atoms with Crippen molar-refractivity contribution in [2.24, 2.45) is 0 Å². The molecule has 0 radical (unpaired) electrons. The Kier molecular flexibility index (Phi) is 15.0. The van der Waals surface area contributed by atoms with Crippen molar-refractivity contribution in [2.75, 3.05) is 25.0 Å². The topological polar surface area (TPSA) is 120 Å². The van der Waals surface area contributed by atoms with Crippen LogP contribution in [0.25, 0.3) is 10.9 Å². The maximum atomic E-state index is 13.1. The van der Waals surface area contributed by atoms with Crippen LogP contribution in [0.1, 0.15) is 83.9 Å². The van der Waals surface area contributed by atoms with Crippen molar-refractivity contribution >= 4 is 34.4 Å². The minimum atomic E-state index is -1.82. The number of rotatable bonds is 14. The number of hydrogen-bond donors (Lipinski definition) is 3. The highest BCUT2D eigenvalue weighted by molar-refractivity contribution is 6.27. The van der Waals surface area contributed by atoms with Crippen LogP contribution in [-0.2, 0) is 27.2 Å². The number of fused-ring (bicyclic) bond motifs is 1. The summed E-state index contributed by atoms with van der Waals surface area (Å²) in [6, 6.07) is 8.22. The number of amides is 1. The van der Waals surface area contributed by atoms with Gasteiger partial charge < -0.3 is 15.5 Å². The summed E-state index contributed by atoms with van der Waals surface area (Å²) in [5.41, 5.74) is 4.35. The largest absolute Gasteiger partial charge is 0.473 e. The van der Waals surface area contributed by atoms with Crippen LogP contribution in [0.15, 0.2) is 24.3 Å². The van der Waals surface area contributed by atoms with Crippen molar-refractivity contribution in [3.8, 4) is 0 Å². The third-order valence-corrected chi connectivity index (χ3v) is 5.82. The zero-order valence-corrected chi connectivity index (χ0v) is 22.3. The highest BCUT2D eigenvalue weighted by atomic mass is 16.4. The van der Waals surface area contributed by atoms with Crippen LogP contribution in [-0.4, -0.2) is 57.6 Å². The van der Waals surface area contributed by atoms with Crippen molar-refractivity contribution in [3.63, 3.8) is 0 Å². The lowest BCUT2D eigenvalue weighted by Gasteiger charge is -2.23. The van der Waals surface area contributed by atoms with Crippen LogP contribution in [0, 0.1) is 0 Å². The molecule has 0 saturated heterocycles. The van der Waals surface area contributed by atoms with Crippen LogP contribution in [0.3, 0.4) is 0 Å². The van der Waals surface area contributed by atoms with Gasteiger partial charge in [0.15, 0.2) is 0 Å². The average Bonchev–Trinajstić information content (AvgIpc) is 2.86. The quantitative estimate of drug-likeness (QED) is 0.291. The van der Waals surface area contributed by atoms with Gasteiger partial charge in [0.1, 0.15) is 0 Å². The number of benzene rings is 1. The number of unbranched alkanes of at least 4 members (excludes halogenated alkanes) is 3. The second kappa shape index (κ2) is 17.4. The second-order valence-electron chi connectivity index (χ2n) is 8.92. The number of anilines is 1. The molecule has 8 heteroatoms. The molecule has 1 heterocycles. The van der Waals surface area contributed by atoms with E-state index < -0.39 is 11.9 Å². The van der Waals surface area contributed by atoms with Crippen molar-refractivity contribution < 1.29 is 24.6 Å². The molecule has 0 fully saturated rings. The Morgan fingerprint density at radius 1 is 0.833 bits per heavy atom. The number of carbonyl (C=O) groups excluding carboxylic acids is 1. The summed E-state index contributed by atoms with van der Waals surface area (Å²) in [7, 11) is 0. The lowest BCUT2D eigenvalue weighted by Crippen LogP contribution is -2.35. The van der Waals surface area contributed by atoms with Crippen LogP contribution >= 0.6 is 0 Å². The molecule has 0 spiro atoms. The molecule has 2 aromatic rings. The Morgan fingerprint density at radius 2 is 1.42 bits per heavy atom. The molecule has 0 aliphatic rings. The summed E-state index contributed by atoms with van der Waals surface area (Å²) >= 11 is 0. The summed E-state index contributed by atoms with van der Waals surface area (Å²) in [4.78, 5) is 38.6. The lowest BCUT2D eigenvalue weighted by molar-refractivity contribution is -0.159. The standard InChI is InChI=1S/C26H41N3O.C2H2O4/c1-5-9-16-23-21(14-8-4)26(22-15-12-13-17-24(22)27-23)28-25(30)20-29(18-10-6-2)19-11-7-3;3-1(4)2(5)6/h12-13,15,17H,5-11,14,16,18-20H2,1-4H3,(H,27,28,30);(H,3,4)(H,5,6). The molecule has 200 valence electrons. The fourth-order valence-corrected chi connectivity index (χ4v) is 3.93. The van der Waals surface area contributed by atoms with Crippen LogP contribution in [0.2, 0.25) is 0 Å². The van der Waals surface area contributed by atoms with E-state index in [0.717, 1.165) is 93.2 Å². The molecule has 0 unspecified atom stereocenters. The number of nitrogens with zero attached hydrogens (tertiary/aromatic N) is 2. The van der Waals surface area contributed by atoms with E-state index in [2.05, 4.69) is 50.0 Å². The van der Waals surface area contributed by atoms with E-state index in [9.17, 15) is 4.79 Å². The second-order valence-corrected chi connectivity index (χ2v) is 8.92. The van der Waals surface area contributed by atoms with Crippen molar-refractivity contribution in [1.82, 2.24) is 9.88 Å². The summed E-state index contributed by atoms with van der Waals surface area (Å²) in [5, 5.41) is 19.2. The molecule has 8 nitrogen and oxygen atoms in total. The summed E-state index contributed by atoms with van der Waals surface area (Å²) in [6.45, 7) is 11.3. The minimum absolute atomic E-state index is 0.0948. The summed E-state index contributed by atoms with van der Waals surface area (Å²) in [5.74, 6) is -3.55. The molecule has 0 aliphatic carbocycles. The van der Waals surface area contributed by atoms with Crippen molar-refractivity contribution in [2.45, 2.75) is 85.5 Å². The average molecular weight is 502 g/mol. The molecular weight excluding hydrogens is 458 g/mol. The molecular formula is C28H43N3O5. The third kappa shape index (κ3) is 10.7. The van der Waals surface area contributed by atoms with Gasteiger partial charge in [-0.1, -0.05) is 71.6 Å². The predicted octanol–water partition coefficient (Wildman–Crippen LogP) is 5.53. The van der Waals surface area contributed by atoms with Crippen molar-refractivity contribution in [3.05, 3.63) is 35.5 Å². The Morgan fingerprint density at radius 3 is 1.94 bits per heavy atom. The normalized spacial score (nSPS) is 10.7. The molecule has 1 aromatic carbocycles. The van der Waals surface area contributed by atoms with Gasteiger partial charge in [-0.25, -0.2) is 9.59 Å². The number of para-hydroxylation sites is 1. The van der Waals surface area contributed by atoms with E-state index in [1.165, 1.54) is 5.56 Å². The van der Waals surface area contributed by atoms with Gasteiger partial charge in [-0.2, -0.15) is 0 Å². The number of aryl methyl sites for hydroxylation is 1. The van der Waals surface area contributed by atoms with E-state index in [0.29, 0.717) is 6.54 Å². The number of carboxylic acids is 2. The Bertz CT molecular complexity index is 957. The number of hydrogen-bond acceptors (Lipinski definition) is 5. The van der Waals surface area contributed by atoms with Crippen LogP contribution in [0.4, 0.5) is 5.69 Å². The van der Waals surface area contributed by atoms with Gasteiger partial charge in [-0.15, -0.1) is 0 Å². The maximum Gasteiger partial charge on any atom is 0.414 e. The van der Waals surface area contributed by atoms with Crippen LogP contribution < -0.4 is 5.32 Å². The Balaban J connectivity index is 0.000000960. The number of carboxylic acid groups (broad SMARTS) is 2. The zero-order chi connectivity index (χ0) is 26.9. The summed E-state index contributed by atoms with van der Waals surface area (Å²) < 4.78 is 0. The van der Waals surface area contributed by atoms with Gasteiger partial charge >= 0.3 is 11.9 Å². The first-order valence-electron chi connectivity index (χ1n) is 13.2. The van der Waals surface area contributed by atoms with Gasteiger partial charge in [0, 0.05) is 11.1 Å². The van der Waals surface area contributed by atoms with Gasteiger partial charge in [0.25, 0.3) is 0 Å². The fourth-order valence-electron chi connectivity index (χ4n) is 3.93. The van der Waals surface area contributed by atoms with E-state index in [1.54, 1.807) is 0 Å². The first-order valence-corrected chi connectivity index (χ1v) is 13.2. The zero-order valence-electron chi connectivity index (χ0n) is 22.3. The lowest BCUT2D eigenvalue weighted by atomic mass is 9.98. The Hall–Kier alpha value is -3.00. The fraction of sp³-hybridized carbons (Fsp3) is 0.571. The number of nitrogens with one attached hydrogen (secondary N) is 1. The highest BCUT2D eigenvalue weighted by Gasteiger charge is 2.18. The third-order valence-electron chi connectivity index (χ3n) is 5.82. The monoisotopic (exact) mass is 501 g/mol. The Labute approximate surface area is 215 Å². The van der Waals surface area contributed by atoms with Gasteiger partial charge in [0.2, 0.25) is 5.91 Å². The van der Waals surface area contributed by atoms with Gasteiger partial charge in [-0.05, 0) is 56.8 Å². The first kappa shape index (κ1) is 31.0. The van der Waals surface area contributed by atoms with E-state index in [4.69, 9.17) is 24.8 Å². The van der Waals surface area contributed by atoms with Gasteiger partial charge in [0.05, 0.1) is 17.7 Å². The molecule has 2 rings (SSSR count). The van der Waals surface area contributed by atoms with Crippen molar-refractivity contribution in [1.29, 1.82) is 0 Å². The van der Waals surface area contributed by atoms with E-state index in [1.807, 2.05) is 12.1 Å². The van der Waals surface area contributed by atoms with E-state index >= 15 is 0 Å². The molecule has 36 heavy (non-hydrogen) atoms. The smallest absolute Gasteiger partial charge is 0.414 e. The molecule has 1 aromatic heterocycles. The predicted molar refractivity (Wildman–Crippen MR) is 145 cm³/mol. The number of pyridine rings is 1. The molecule has 3 N–H and O–H groups in total. The first-order chi connectivity index (χ1) is 17.3. The number of carbonyl (C=O) groups is 3. The maximum absolute atomic E-state index is 13.1. The van der Waals surface area contributed by atoms with Gasteiger partial charge in [-0.3, -0.25) is 14.7 Å². The number of aliphatic carboxylic acids is 2. The highest BCUT2D eigenvalue weighted by Crippen LogP contribution is 2.30. The molecule has 0 aliphatic heterocycles. The molecule has 0 bridgehead atoms. The minimum Gasteiger partial charge on any atom is -0.473 e. The van der Waals surface area contributed by atoms with E-state index in [-0.39, 0.29) is 5.91 Å².